The summed E-state index contributed by atoms with van der Waals surface area (Å²) in [7, 11) is -4.02. The number of rotatable bonds is 8. The lowest BCUT2D eigenvalue weighted by molar-refractivity contribution is -0.396. The number of piperazine rings is 1. The van der Waals surface area contributed by atoms with Gasteiger partial charge in [-0.2, -0.15) is 8.42 Å². The summed E-state index contributed by atoms with van der Waals surface area (Å²) in [5.74, 6) is -0.259. The highest BCUT2D eigenvalue weighted by Crippen LogP contribution is 2.13. The number of imidazole rings is 1. The summed E-state index contributed by atoms with van der Waals surface area (Å²) in [5.41, 5.74) is 0.390. The number of nitro groups is 1. The van der Waals surface area contributed by atoms with Gasteiger partial charge in [0.05, 0.1) is 13.2 Å². The molecule has 130 valence electrons. The Morgan fingerprint density at radius 1 is 1.39 bits per heavy atom. The predicted octanol–water partition coefficient (Wildman–Crippen LogP) is -1.54. The van der Waals surface area contributed by atoms with E-state index >= 15 is 0 Å². The van der Waals surface area contributed by atoms with Crippen LogP contribution in [0.1, 0.15) is 5.69 Å². The Morgan fingerprint density at radius 3 is 2.70 bits per heavy atom. The number of hydrogen-bond acceptors (Lipinski definition) is 8. The van der Waals surface area contributed by atoms with E-state index in [0.717, 1.165) is 26.2 Å². The third kappa shape index (κ3) is 5.84. The zero-order chi connectivity index (χ0) is 16.9. The summed E-state index contributed by atoms with van der Waals surface area (Å²) in [6.45, 7) is 4.54. The van der Waals surface area contributed by atoms with Gasteiger partial charge >= 0.3 is 16.3 Å². The quantitative estimate of drug-likeness (QED) is 0.424. The maximum absolute atomic E-state index is 11.1. The maximum Gasteiger partial charge on any atom is 0.434 e. The van der Waals surface area contributed by atoms with E-state index in [-0.39, 0.29) is 19.0 Å². The van der Waals surface area contributed by atoms with Crippen LogP contribution in [0.4, 0.5) is 5.95 Å². The van der Waals surface area contributed by atoms with Crippen molar-refractivity contribution in [1.82, 2.24) is 19.8 Å². The lowest BCUT2D eigenvalue weighted by Gasteiger charge is -2.26. The summed E-state index contributed by atoms with van der Waals surface area (Å²) >= 11 is 0. The first-order valence-corrected chi connectivity index (χ1v) is 8.63. The van der Waals surface area contributed by atoms with Crippen molar-refractivity contribution in [3.8, 4) is 0 Å². The van der Waals surface area contributed by atoms with Gasteiger partial charge in [0.15, 0.2) is 5.69 Å². The van der Waals surface area contributed by atoms with E-state index < -0.39 is 15.2 Å². The highest BCUT2D eigenvalue weighted by molar-refractivity contribution is 7.84. The molecule has 0 bridgehead atoms. The molecule has 1 aliphatic heterocycles. The highest BCUT2D eigenvalue weighted by atomic mass is 32.2. The molecule has 0 spiro atoms. The molecule has 1 saturated heterocycles. The maximum atomic E-state index is 11.1. The fourth-order valence-electron chi connectivity index (χ4n) is 2.34. The van der Waals surface area contributed by atoms with Crippen LogP contribution in [0, 0.1) is 10.1 Å². The molecule has 0 amide bonds. The summed E-state index contributed by atoms with van der Waals surface area (Å²) in [4.78, 5) is 16.6. The third-order valence-electron chi connectivity index (χ3n) is 3.44. The molecule has 23 heavy (non-hydrogen) atoms. The minimum atomic E-state index is -4.02. The number of nitrogens with one attached hydrogen (secondary N) is 1. The zero-order valence-electron chi connectivity index (χ0n) is 12.5. The van der Waals surface area contributed by atoms with Gasteiger partial charge in [-0.3, -0.25) is 9.08 Å². The van der Waals surface area contributed by atoms with Crippen molar-refractivity contribution >= 4 is 16.3 Å². The Balaban J connectivity index is 1.95. The Morgan fingerprint density at radius 2 is 2.09 bits per heavy atom. The summed E-state index contributed by atoms with van der Waals surface area (Å²) in [6, 6.07) is 0. The molecule has 0 saturated carbocycles. The molecule has 0 aromatic carbocycles. The molecule has 3 N–H and O–H groups in total. The Kier molecular flexibility index (Phi) is 6.01. The first kappa shape index (κ1) is 17.7. The van der Waals surface area contributed by atoms with Crippen LogP contribution in [0.5, 0.6) is 0 Å². The summed E-state index contributed by atoms with van der Waals surface area (Å²) < 4.78 is 27.3. The first-order chi connectivity index (χ1) is 10.8. The van der Waals surface area contributed by atoms with Gasteiger partial charge in [-0.1, -0.05) is 4.98 Å². The second-order valence-electron chi connectivity index (χ2n) is 5.14. The summed E-state index contributed by atoms with van der Waals surface area (Å²) in [6.07, 6.45) is 1.67. The van der Waals surface area contributed by atoms with E-state index in [1.165, 1.54) is 4.57 Å². The number of nitrogens with zero attached hydrogens (tertiary/aromatic N) is 4. The number of nitrogens with two attached hydrogens (primary N) is 1. The van der Waals surface area contributed by atoms with Crippen molar-refractivity contribution in [2.45, 2.75) is 13.0 Å². The van der Waals surface area contributed by atoms with Crippen LogP contribution in [0.3, 0.4) is 0 Å². The molecular formula is C11H20N6O5S. The second-order valence-corrected chi connectivity index (χ2v) is 6.36. The third-order valence-corrected chi connectivity index (χ3v) is 3.94. The number of hydrogen-bond donors (Lipinski definition) is 2. The van der Waals surface area contributed by atoms with Crippen molar-refractivity contribution in [3.63, 3.8) is 0 Å². The van der Waals surface area contributed by atoms with Crippen LogP contribution in [0.25, 0.3) is 0 Å². The molecule has 2 rings (SSSR count). The molecule has 1 aliphatic rings. The van der Waals surface area contributed by atoms with Crippen molar-refractivity contribution < 1.29 is 17.5 Å². The largest absolute Gasteiger partial charge is 0.434 e. The molecule has 0 aliphatic carbocycles. The monoisotopic (exact) mass is 348 g/mol. The molecule has 11 nitrogen and oxygen atoms in total. The average molecular weight is 348 g/mol. The average Bonchev–Trinajstić information content (AvgIpc) is 2.88. The van der Waals surface area contributed by atoms with Gasteiger partial charge in [0, 0.05) is 39.1 Å². The van der Waals surface area contributed by atoms with Crippen LogP contribution in [-0.2, 0) is 27.5 Å². The zero-order valence-corrected chi connectivity index (χ0v) is 13.4. The van der Waals surface area contributed by atoms with Gasteiger partial charge in [0.1, 0.15) is 6.20 Å². The van der Waals surface area contributed by atoms with Crippen molar-refractivity contribution in [2.75, 3.05) is 39.3 Å². The van der Waals surface area contributed by atoms with E-state index in [9.17, 15) is 18.5 Å². The molecule has 1 aromatic heterocycles. The minimum Gasteiger partial charge on any atom is -0.390 e. The topological polar surface area (TPSA) is 146 Å². The smallest absolute Gasteiger partial charge is 0.390 e. The van der Waals surface area contributed by atoms with Crippen LogP contribution in [0.2, 0.25) is 0 Å². The lowest BCUT2D eigenvalue weighted by atomic mass is 10.3. The summed E-state index contributed by atoms with van der Waals surface area (Å²) in [5, 5.41) is 19.0. The minimum absolute atomic E-state index is 0.123. The van der Waals surface area contributed by atoms with E-state index in [2.05, 4.69) is 19.4 Å². The SMILES string of the molecule is NS(=O)(=O)OCCc1cn(CCN2CCNCC2)c([N+](=O)[O-])n1. The Hall–Kier alpha value is -1.60. The van der Waals surface area contributed by atoms with Crippen molar-refractivity contribution in [1.29, 1.82) is 0 Å². The van der Waals surface area contributed by atoms with E-state index in [4.69, 9.17) is 5.14 Å². The second kappa shape index (κ2) is 7.79. The van der Waals surface area contributed by atoms with E-state index in [1.807, 2.05) is 0 Å². The molecule has 2 heterocycles. The van der Waals surface area contributed by atoms with Gasteiger partial charge in [-0.25, -0.2) is 9.71 Å². The molecule has 0 atom stereocenters. The first-order valence-electron chi connectivity index (χ1n) is 7.16. The molecule has 0 unspecified atom stereocenters. The van der Waals surface area contributed by atoms with Gasteiger partial charge in [0.2, 0.25) is 0 Å². The fraction of sp³-hybridized carbons (Fsp3) is 0.727. The molecule has 1 fully saturated rings. The number of aromatic nitrogens is 2. The lowest BCUT2D eigenvalue weighted by Crippen LogP contribution is -2.44. The normalized spacial score (nSPS) is 16.6. The van der Waals surface area contributed by atoms with Crippen molar-refractivity contribution in [3.05, 3.63) is 22.0 Å². The standard InChI is InChI=1S/C11H20N6O5S/c12-23(20,21)22-8-1-10-9-16(11(14-10)17(18)19)7-6-15-4-2-13-3-5-15/h9,13H,1-8H2,(H2,12,20,21). The van der Waals surface area contributed by atoms with Crippen LogP contribution < -0.4 is 10.5 Å². The van der Waals surface area contributed by atoms with Gasteiger partial charge in [-0.05, 0) is 4.92 Å². The van der Waals surface area contributed by atoms with Crippen LogP contribution >= 0.6 is 0 Å². The van der Waals surface area contributed by atoms with Crippen LogP contribution in [0.15, 0.2) is 6.20 Å². The Labute approximate surface area is 133 Å². The highest BCUT2D eigenvalue weighted by Gasteiger charge is 2.20. The predicted molar refractivity (Wildman–Crippen MR) is 81.0 cm³/mol. The molecule has 1 aromatic rings. The van der Waals surface area contributed by atoms with Gasteiger partial charge in [-0.15, -0.1) is 0 Å². The van der Waals surface area contributed by atoms with Crippen LogP contribution in [-0.4, -0.2) is 67.1 Å². The molecule has 12 heteroatoms. The van der Waals surface area contributed by atoms with E-state index in [0.29, 0.717) is 18.8 Å². The van der Waals surface area contributed by atoms with Gasteiger partial charge in [0.25, 0.3) is 0 Å². The fourth-order valence-corrected chi connectivity index (χ4v) is 2.65. The Bertz CT molecular complexity index is 639. The molecular weight excluding hydrogens is 328 g/mol. The van der Waals surface area contributed by atoms with Crippen molar-refractivity contribution in [2.24, 2.45) is 5.14 Å². The van der Waals surface area contributed by atoms with Gasteiger partial charge < -0.3 is 15.4 Å². The molecule has 0 radical (unpaired) electrons. The van der Waals surface area contributed by atoms with E-state index in [1.54, 1.807) is 6.20 Å².